The minimum absolute atomic E-state index is 0.0622. The molecule has 4 heteroatoms. The average molecular weight is 252 g/mol. The molecule has 1 aliphatic rings. The van der Waals surface area contributed by atoms with Crippen molar-refractivity contribution in [1.82, 2.24) is 4.98 Å². The summed E-state index contributed by atoms with van der Waals surface area (Å²) < 4.78 is 5.59. The molecule has 1 aromatic heterocycles. The molecule has 1 fully saturated rings. The van der Waals surface area contributed by atoms with Crippen LogP contribution in [0.4, 0.5) is 0 Å². The lowest BCUT2D eigenvalue weighted by atomic mass is 10.1. The van der Waals surface area contributed by atoms with Crippen molar-refractivity contribution in [3.05, 3.63) is 24.0 Å². The number of hydrogen-bond donors (Lipinski definition) is 1. The number of pyridine rings is 1. The van der Waals surface area contributed by atoms with Crippen molar-refractivity contribution in [2.24, 2.45) is 5.73 Å². The molecule has 0 amide bonds. The molecule has 0 saturated carbocycles. The van der Waals surface area contributed by atoms with Crippen molar-refractivity contribution in [1.29, 1.82) is 0 Å². The SMILES string of the molecule is CC[C@@H](N)c1ccc(SCC2CCCO2)cn1. The van der Waals surface area contributed by atoms with Gasteiger partial charge >= 0.3 is 0 Å². The van der Waals surface area contributed by atoms with Gasteiger partial charge in [-0.15, -0.1) is 11.8 Å². The smallest absolute Gasteiger partial charge is 0.0669 e. The van der Waals surface area contributed by atoms with Crippen molar-refractivity contribution in [3.63, 3.8) is 0 Å². The highest BCUT2D eigenvalue weighted by atomic mass is 32.2. The lowest BCUT2D eigenvalue weighted by Crippen LogP contribution is -2.10. The zero-order valence-corrected chi connectivity index (χ0v) is 11.1. The molecule has 0 spiro atoms. The first kappa shape index (κ1) is 12.9. The molecule has 0 radical (unpaired) electrons. The van der Waals surface area contributed by atoms with E-state index in [0.29, 0.717) is 6.10 Å². The van der Waals surface area contributed by atoms with Crippen LogP contribution in [0.15, 0.2) is 23.2 Å². The summed E-state index contributed by atoms with van der Waals surface area (Å²) in [5.41, 5.74) is 6.91. The van der Waals surface area contributed by atoms with Crippen LogP contribution in [0.3, 0.4) is 0 Å². The lowest BCUT2D eigenvalue weighted by molar-refractivity contribution is 0.129. The van der Waals surface area contributed by atoms with Gasteiger partial charge in [0.1, 0.15) is 0 Å². The van der Waals surface area contributed by atoms with Crippen LogP contribution < -0.4 is 5.73 Å². The number of hydrogen-bond acceptors (Lipinski definition) is 4. The molecule has 94 valence electrons. The highest BCUT2D eigenvalue weighted by Gasteiger charge is 2.15. The second-order valence-electron chi connectivity index (χ2n) is 4.38. The molecule has 3 nitrogen and oxygen atoms in total. The summed E-state index contributed by atoms with van der Waals surface area (Å²) in [4.78, 5) is 5.61. The van der Waals surface area contributed by atoms with E-state index in [9.17, 15) is 0 Å². The highest BCUT2D eigenvalue weighted by molar-refractivity contribution is 7.99. The standard InChI is InChI=1S/C13H20N2OS/c1-2-12(14)13-6-5-11(8-15-13)17-9-10-4-3-7-16-10/h5-6,8,10,12H,2-4,7,9,14H2,1H3/t10?,12-/m1/s1. The Morgan fingerprint density at radius 2 is 2.47 bits per heavy atom. The maximum atomic E-state index is 5.93. The third-order valence-corrected chi connectivity index (χ3v) is 4.15. The first-order valence-corrected chi connectivity index (χ1v) is 7.24. The Balaban J connectivity index is 1.84. The van der Waals surface area contributed by atoms with E-state index >= 15 is 0 Å². The zero-order valence-electron chi connectivity index (χ0n) is 10.3. The fourth-order valence-electron chi connectivity index (χ4n) is 1.87. The Morgan fingerprint density at radius 3 is 3.06 bits per heavy atom. The van der Waals surface area contributed by atoms with Gasteiger partial charge in [0, 0.05) is 29.5 Å². The minimum atomic E-state index is 0.0622. The van der Waals surface area contributed by atoms with Gasteiger partial charge in [0.25, 0.3) is 0 Å². The molecule has 2 heterocycles. The van der Waals surface area contributed by atoms with Gasteiger partial charge in [0.15, 0.2) is 0 Å². The summed E-state index contributed by atoms with van der Waals surface area (Å²) in [5, 5.41) is 0. The summed E-state index contributed by atoms with van der Waals surface area (Å²) in [6.07, 6.45) is 5.67. The summed E-state index contributed by atoms with van der Waals surface area (Å²) in [6, 6.07) is 4.20. The Labute approximate surface area is 107 Å². The summed E-state index contributed by atoms with van der Waals surface area (Å²) >= 11 is 1.82. The van der Waals surface area contributed by atoms with Crippen LogP contribution in [0, 0.1) is 0 Å². The molecule has 0 aromatic carbocycles. The summed E-state index contributed by atoms with van der Waals surface area (Å²) in [7, 11) is 0. The van der Waals surface area contributed by atoms with Crippen molar-refractivity contribution in [2.45, 2.75) is 43.2 Å². The van der Waals surface area contributed by atoms with Gasteiger partial charge in [-0.2, -0.15) is 0 Å². The summed E-state index contributed by atoms with van der Waals surface area (Å²) in [6.45, 7) is 3.00. The van der Waals surface area contributed by atoms with Crippen molar-refractivity contribution in [2.75, 3.05) is 12.4 Å². The average Bonchev–Trinajstić information content (AvgIpc) is 2.89. The maximum absolute atomic E-state index is 5.93. The largest absolute Gasteiger partial charge is 0.377 e. The van der Waals surface area contributed by atoms with E-state index in [-0.39, 0.29) is 6.04 Å². The number of nitrogens with two attached hydrogens (primary N) is 1. The molecular formula is C13H20N2OS. The van der Waals surface area contributed by atoms with Crippen LogP contribution in [0.1, 0.15) is 37.9 Å². The Hall–Kier alpha value is -0.580. The molecular weight excluding hydrogens is 232 g/mol. The molecule has 0 aliphatic carbocycles. The third-order valence-electron chi connectivity index (χ3n) is 3.04. The molecule has 2 atom stereocenters. The third kappa shape index (κ3) is 3.69. The molecule has 1 unspecified atom stereocenters. The van der Waals surface area contributed by atoms with Gasteiger partial charge in [0.2, 0.25) is 0 Å². The Bertz CT molecular complexity index is 336. The van der Waals surface area contributed by atoms with Crippen LogP contribution >= 0.6 is 11.8 Å². The van der Waals surface area contributed by atoms with Crippen LogP contribution in [0.25, 0.3) is 0 Å². The number of thioether (sulfide) groups is 1. The second-order valence-corrected chi connectivity index (χ2v) is 5.47. The number of aromatic nitrogens is 1. The van der Waals surface area contributed by atoms with Gasteiger partial charge in [-0.3, -0.25) is 4.98 Å². The highest BCUT2D eigenvalue weighted by Crippen LogP contribution is 2.24. The first-order chi connectivity index (χ1) is 8.29. The Kier molecular flexibility index (Phi) is 4.83. The lowest BCUT2D eigenvalue weighted by Gasteiger charge is -2.10. The second kappa shape index (κ2) is 6.38. The number of nitrogens with zero attached hydrogens (tertiary/aromatic N) is 1. The van der Waals surface area contributed by atoms with Gasteiger partial charge in [-0.25, -0.2) is 0 Å². The Morgan fingerprint density at radius 1 is 1.59 bits per heavy atom. The van der Waals surface area contributed by atoms with Crippen molar-refractivity contribution >= 4 is 11.8 Å². The van der Waals surface area contributed by atoms with Gasteiger partial charge in [0.05, 0.1) is 11.8 Å². The first-order valence-electron chi connectivity index (χ1n) is 6.25. The topological polar surface area (TPSA) is 48.1 Å². The van der Waals surface area contributed by atoms with Gasteiger partial charge < -0.3 is 10.5 Å². The van der Waals surface area contributed by atoms with Crippen molar-refractivity contribution in [3.8, 4) is 0 Å². The van der Waals surface area contributed by atoms with E-state index < -0.39 is 0 Å². The van der Waals surface area contributed by atoms with Crippen LogP contribution in [0.2, 0.25) is 0 Å². The van der Waals surface area contributed by atoms with Gasteiger partial charge in [-0.05, 0) is 31.4 Å². The molecule has 0 bridgehead atoms. The molecule has 1 aromatic rings. The van der Waals surface area contributed by atoms with E-state index in [1.165, 1.54) is 17.7 Å². The van der Waals surface area contributed by atoms with Crippen LogP contribution in [-0.2, 0) is 4.74 Å². The monoisotopic (exact) mass is 252 g/mol. The fourth-order valence-corrected chi connectivity index (χ4v) is 2.80. The summed E-state index contributed by atoms with van der Waals surface area (Å²) in [5.74, 6) is 1.03. The predicted molar refractivity (Wildman–Crippen MR) is 71.2 cm³/mol. The van der Waals surface area contributed by atoms with Crippen LogP contribution in [0.5, 0.6) is 0 Å². The van der Waals surface area contributed by atoms with E-state index in [1.807, 2.05) is 24.0 Å². The molecule has 2 rings (SSSR count). The van der Waals surface area contributed by atoms with E-state index in [4.69, 9.17) is 10.5 Å². The van der Waals surface area contributed by atoms with Crippen LogP contribution in [-0.4, -0.2) is 23.4 Å². The molecule has 1 saturated heterocycles. The predicted octanol–water partition coefficient (Wildman–Crippen LogP) is 2.76. The minimum Gasteiger partial charge on any atom is -0.377 e. The fraction of sp³-hybridized carbons (Fsp3) is 0.615. The van der Waals surface area contributed by atoms with E-state index in [0.717, 1.165) is 24.5 Å². The van der Waals surface area contributed by atoms with E-state index in [1.54, 1.807) is 0 Å². The molecule has 17 heavy (non-hydrogen) atoms. The normalized spacial score (nSPS) is 21.6. The molecule has 1 aliphatic heterocycles. The van der Waals surface area contributed by atoms with E-state index in [2.05, 4.69) is 18.0 Å². The number of rotatable bonds is 5. The number of ether oxygens (including phenoxy) is 1. The quantitative estimate of drug-likeness (QED) is 0.819. The van der Waals surface area contributed by atoms with Gasteiger partial charge in [-0.1, -0.05) is 6.92 Å². The zero-order chi connectivity index (χ0) is 12.1. The van der Waals surface area contributed by atoms with Crippen molar-refractivity contribution < 1.29 is 4.74 Å². The molecule has 2 N–H and O–H groups in total. The maximum Gasteiger partial charge on any atom is 0.0669 e.